The highest BCUT2D eigenvalue weighted by Crippen LogP contribution is 2.45. The van der Waals surface area contributed by atoms with Crippen molar-refractivity contribution >= 4 is 10.0 Å². The summed E-state index contributed by atoms with van der Waals surface area (Å²) < 4.78 is 27.7. The first-order valence-electron chi connectivity index (χ1n) is 7.44. The molecule has 7 heteroatoms. The Kier molecular flexibility index (Phi) is 3.18. The summed E-state index contributed by atoms with van der Waals surface area (Å²) in [5.74, 6) is 0. The Morgan fingerprint density at radius 2 is 2.00 bits per heavy atom. The van der Waals surface area contributed by atoms with Gasteiger partial charge in [-0.15, -0.1) is 0 Å². The summed E-state index contributed by atoms with van der Waals surface area (Å²) in [5.41, 5.74) is 2.32. The fourth-order valence-corrected chi connectivity index (χ4v) is 5.42. The molecule has 6 nitrogen and oxygen atoms in total. The predicted octanol–water partition coefficient (Wildman–Crippen LogP) is 1.80. The molecule has 116 valence electrons. The van der Waals surface area contributed by atoms with Crippen LogP contribution in [0.5, 0.6) is 0 Å². The minimum absolute atomic E-state index is 0.0527. The molecule has 2 aliphatic rings. The molecule has 1 aromatic heterocycles. The third kappa shape index (κ3) is 2.14. The van der Waals surface area contributed by atoms with Crippen molar-refractivity contribution in [2.45, 2.75) is 36.2 Å². The molecule has 0 radical (unpaired) electrons. The van der Waals surface area contributed by atoms with Gasteiger partial charge in [-0.2, -0.15) is 9.57 Å². The maximum absolute atomic E-state index is 13.1. The minimum atomic E-state index is -3.60. The Balaban J connectivity index is 1.77. The molecule has 1 fully saturated rings. The number of aromatic nitrogens is 2. The lowest BCUT2D eigenvalue weighted by Gasteiger charge is -2.34. The van der Waals surface area contributed by atoms with Crippen LogP contribution in [0, 0.1) is 11.3 Å². The van der Waals surface area contributed by atoms with Gasteiger partial charge in [0.15, 0.2) is 0 Å². The van der Waals surface area contributed by atoms with Gasteiger partial charge in [-0.3, -0.25) is 0 Å². The Labute approximate surface area is 134 Å². The van der Waals surface area contributed by atoms with Crippen molar-refractivity contribution in [1.82, 2.24) is 14.3 Å². The molecule has 2 atom stereocenters. The van der Waals surface area contributed by atoms with Gasteiger partial charge in [-0.25, -0.2) is 18.4 Å². The number of sulfonamides is 1. The van der Waals surface area contributed by atoms with E-state index in [1.807, 2.05) is 6.07 Å². The van der Waals surface area contributed by atoms with E-state index in [1.165, 1.54) is 30.6 Å². The average Bonchev–Trinajstić information content (AvgIpc) is 2.91. The van der Waals surface area contributed by atoms with E-state index >= 15 is 0 Å². The first kappa shape index (κ1) is 14.3. The van der Waals surface area contributed by atoms with Crippen molar-refractivity contribution in [3.8, 4) is 6.07 Å². The van der Waals surface area contributed by atoms with E-state index in [9.17, 15) is 8.42 Å². The normalized spacial score (nSPS) is 23.3. The van der Waals surface area contributed by atoms with Gasteiger partial charge < -0.3 is 0 Å². The third-order valence-electron chi connectivity index (χ3n) is 4.61. The van der Waals surface area contributed by atoms with E-state index in [0.29, 0.717) is 12.0 Å². The summed E-state index contributed by atoms with van der Waals surface area (Å²) in [6, 6.07) is 7.84. The van der Waals surface area contributed by atoms with Crippen molar-refractivity contribution in [3.05, 3.63) is 53.6 Å². The first-order valence-corrected chi connectivity index (χ1v) is 8.88. The molecule has 2 bridgehead atoms. The molecule has 0 saturated carbocycles. The summed E-state index contributed by atoms with van der Waals surface area (Å²) in [7, 11) is -3.60. The van der Waals surface area contributed by atoms with Gasteiger partial charge in [0.2, 0.25) is 10.0 Å². The lowest BCUT2D eigenvalue weighted by molar-refractivity contribution is 0.300. The van der Waals surface area contributed by atoms with Crippen molar-refractivity contribution in [1.29, 1.82) is 5.26 Å². The Hall–Kier alpha value is -2.30. The van der Waals surface area contributed by atoms with E-state index in [4.69, 9.17) is 5.26 Å². The first-order chi connectivity index (χ1) is 11.1. The second kappa shape index (κ2) is 5.11. The van der Waals surface area contributed by atoms with E-state index < -0.39 is 10.0 Å². The zero-order valence-corrected chi connectivity index (χ0v) is 13.1. The van der Waals surface area contributed by atoms with E-state index in [1.54, 1.807) is 10.5 Å². The molecular weight excluding hydrogens is 312 g/mol. The summed E-state index contributed by atoms with van der Waals surface area (Å²) in [5, 5.41) is 8.86. The zero-order chi connectivity index (χ0) is 16.0. The number of rotatable bonds is 2. The van der Waals surface area contributed by atoms with Crippen LogP contribution in [-0.2, 0) is 16.4 Å². The van der Waals surface area contributed by atoms with Gasteiger partial charge in [0, 0.05) is 24.2 Å². The van der Waals surface area contributed by atoms with Gasteiger partial charge in [-0.05, 0) is 37.1 Å². The van der Waals surface area contributed by atoms with Crippen LogP contribution in [0.25, 0.3) is 0 Å². The number of hydrogen-bond acceptors (Lipinski definition) is 5. The minimum Gasteiger partial charge on any atom is -0.244 e. The van der Waals surface area contributed by atoms with Crippen LogP contribution >= 0.6 is 0 Å². The molecule has 2 aliphatic heterocycles. The number of fused-ring (bicyclic) bond motifs is 4. The van der Waals surface area contributed by atoms with E-state index in [-0.39, 0.29) is 17.0 Å². The summed E-state index contributed by atoms with van der Waals surface area (Å²) in [4.78, 5) is 8.59. The van der Waals surface area contributed by atoms with Crippen LogP contribution in [0.1, 0.15) is 35.7 Å². The lowest BCUT2D eigenvalue weighted by Crippen LogP contribution is -2.42. The van der Waals surface area contributed by atoms with Gasteiger partial charge >= 0.3 is 0 Å². The highest BCUT2D eigenvalue weighted by Gasteiger charge is 2.47. The smallest absolute Gasteiger partial charge is 0.243 e. The fourth-order valence-electron chi connectivity index (χ4n) is 3.57. The lowest BCUT2D eigenvalue weighted by atomic mass is 10.0. The van der Waals surface area contributed by atoms with Crippen LogP contribution in [0.4, 0.5) is 0 Å². The van der Waals surface area contributed by atoms with Gasteiger partial charge in [0.25, 0.3) is 0 Å². The molecule has 4 rings (SSSR count). The molecule has 0 aliphatic carbocycles. The van der Waals surface area contributed by atoms with Gasteiger partial charge in [-0.1, -0.05) is 0 Å². The molecule has 0 spiro atoms. The van der Waals surface area contributed by atoms with Crippen LogP contribution in [-0.4, -0.2) is 28.7 Å². The van der Waals surface area contributed by atoms with E-state index in [2.05, 4.69) is 9.97 Å². The maximum Gasteiger partial charge on any atom is 0.243 e. The molecule has 1 aromatic carbocycles. The molecular formula is C16H14N4O2S. The summed E-state index contributed by atoms with van der Waals surface area (Å²) in [6.07, 6.45) is 5.50. The van der Waals surface area contributed by atoms with Gasteiger partial charge in [0.1, 0.15) is 6.33 Å². The van der Waals surface area contributed by atoms with Crippen molar-refractivity contribution in [2.75, 3.05) is 0 Å². The predicted molar refractivity (Wildman–Crippen MR) is 81.7 cm³/mol. The van der Waals surface area contributed by atoms with Crippen molar-refractivity contribution < 1.29 is 8.42 Å². The SMILES string of the molecule is N#Cc1ccc(S(=O)(=O)N2C3CCC2c2cncnc2C3)cc1. The summed E-state index contributed by atoms with van der Waals surface area (Å²) in [6.45, 7) is 0. The second-order valence-corrected chi connectivity index (χ2v) is 7.69. The standard InChI is InChI=1S/C16H14N4O2S/c17-8-11-1-4-13(5-2-11)23(21,22)20-12-3-6-16(20)14-9-18-10-19-15(14)7-12/h1-2,4-5,9-10,12,16H,3,6-7H2. The number of benzene rings is 1. The molecule has 2 unspecified atom stereocenters. The highest BCUT2D eigenvalue weighted by molar-refractivity contribution is 7.89. The molecule has 2 aromatic rings. The summed E-state index contributed by atoms with van der Waals surface area (Å²) >= 11 is 0. The largest absolute Gasteiger partial charge is 0.244 e. The highest BCUT2D eigenvalue weighted by atomic mass is 32.2. The number of nitriles is 1. The quantitative estimate of drug-likeness (QED) is 0.840. The molecule has 1 saturated heterocycles. The Bertz CT molecular complexity index is 902. The van der Waals surface area contributed by atoms with Crippen LogP contribution in [0.3, 0.4) is 0 Å². The van der Waals surface area contributed by atoms with E-state index in [0.717, 1.165) is 24.1 Å². The fraction of sp³-hybridized carbons (Fsp3) is 0.312. The topological polar surface area (TPSA) is 87.0 Å². The molecule has 23 heavy (non-hydrogen) atoms. The monoisotopic (exact) mass is 326 g/mol. The van der Waals surface area contributed by atoms with Crippen LogP contribution in [0.15, 0.2) is 41.7 Å². The number of nitrogens with zero attached hydrogens (tertiary/aromatic N) is 4. The van der Waals surface area contributed by atoms with Crippen LogP contribution < -0.4 is 0 Å². The molecule has 0 N–H and O–H groups in total. The average molecular weight is 326 g/mol. The number of hydrogen-bond donors (Lipinski definition) is 0. The Morgan fingerprint density at radius 1 is 1.22 bits per heavy atom. The molecule has 0 amide bonds. The maximum atomic E-state index is 13.1. The molecule has 3 heterocycles. The van der Waals surface area contributed by atoms with Crippen molar-refractivity contribution in [3.63, 3.8) is 0 Å². The van der Waals surface area contributed by atoms with Crippen molar-refractivity contribution in [2.24, 2.45) is 0 Å². The van der Waals surface area contributed by atoms with Crippen LogP contribution in [0.2, 0.25) is 0 Å². The van der Waals surface area contributed by atoms with Gasteiger partial charge in [0.05, 0.1) is 28.3 Å². The zero-order valence-electron chi connectivity index (χ0n) is 12.3. The second-order valence-electron chi connectivity index (χ2n) is 5.85. The Morgan fingerprint density at radius 3 is 2.74 bits per heavy atom. The third-order valence-corrected chi connectivity index (χ3v) is 6.59.